The molecule has 0 heterocycles. The highest BCUT2D eigenvalue weighted by Crippen LogP contribution is 2.20. The Morgan fingerprint density at radius 2 is 1.48 bits per heavy atom. The van der Waals surface area contributed by atoms with Gasteiger partial charge < -0.3 is 26.2 Å². The molecule has 4 unspecified atom stereocenters. The molecule has 0 fully saturated rings. The summed E-state index contributed by atoms with van der Waals surface area (Å²) >= 11 is 1.25. The van der Waals surface area contributed by atoms with Crippen molar-refractivity contribution in [3.63, 3.8) is 0 Å². The van der Waals surface area contributed by atoms with Crippen molar-refractivity contribution in [2.75, 3.05) is 5.75 Å². The molecule has 0 aromatic carbocycles. The summed E-state index contributed by atoms with van der Waals surface area (Å²) in [4.78, 5) is 21.5. The number of thioether (sulfide) groups is 1. The monoisotopic (exact) mass is 479 g/mol. The molecule has 0 bridgehead atoms. The lowest BCUT2D eigenvalue weighted by Crippen LogP contribution is -2.34. The van der Waals surface area contributed by atoms with E-state index in [0.717, 1.165) is 6.42 Å². The van der Waals surface area contributed by atoms with Gasteiger partial charge in [-0.2, -0.15) is 0 Å². The molecule has 8 heteroatoms. The van der Waals surface area contributed by atoms with Crippen molar-refractivity contribution in [3.8, 4) is 0 Å². The molecule has 0 saturated carbocycles. The minimum atomic E-state index is -1.10. The summed E-state index contributed by atoms with van der Waals surface area (Å²) in [5.41, 5.74) is 5.56. The molecular weight excluding hydrogens is 442 g/mol. The topological polar surface area (TPSA) is 141 Å². The highest BCUT2D eigenvalue weighted by molar-refractivity contribution is 8.00. The molecule has 0 spiro atoms. The maximum Gasteiger partial charge on any atom is 0.321 e. The maximum absolute atomic E-state index is 11.0. The second kappa shape index (κ2) is 20.2. The fourth-order valence-corrected chi connectivity index (χ4v) is 3.49. The van der Waals surface area contributed by atoms with E-state index in [-0.39, 0.29) is 17.4 Å². The van der Waals surface area contributed by atoms with Crippen LogP contribution in [0.1, 0.15) is 39.0 Å². The Hall–Kier alpha value is -2.39. The van der Waals surface area contributed by atoms with Crippen molar-refractivity contribution in [1.82, 2.24) is 0 Å². The molecule has 0 aliphatic heterocycles. The van der Waals surface area contributed by atoms with Crippen LogP contribution in [0.4, 0.5) is 0 Å². The van der Waals surface area contributed by atoms with Crippen LogP contribution in [0.15, 0.2) is 72.9 Å². The van der Waals surface area contributed by atoms with E-state index in [0.29, 0.717) is 19.3 Å². The van der Waals surface area contributed by atoms with E-state index in [2.05, 4.69) is 0 Å². The summed E-state index contributed by atoms with van der Waals surface area (Å²) in [7, 11) is 0. The molecule has 0 aromatic rings. The lowest BCUT2D eigenvalue weighted by Gasteiger charge is -2.19. The van der Waals surface area contributed by atoms with Crippen LogP contribution in [0, 0.1) is 0 Å². The number of carboxylic acids is 2. The first-order valence-electron chi connectivity index (χ1n) is 10.9. The van der Waals surface area contributed by atoms with Crippen LogP contribution in [-0.2, 0) is 9.59 Å². The van der Waals surface area contributed by atoms with Gasteiger partial charge in [-0.1, -0.05) is 79.8 Å². The van der Waals surface area contributed by atoms with Gasteiger partial charge in [0.1, 0.15) is 6.04 Å². The number of aliphatic hydroxyl groups is 2. The summed E-state index contributed by atoms with van der Waals surface area (Å²) in [5, 5.41) is 37.5. The second-order valence-corrected chi connectivity index (χ2v) is 8.38. The van der Waals surface area contributed by atoms with Crippen molar-refractivity contribution < 1.29 is 30.0 Å². The van der Waals surface area contributed by atoms with E-state index in [1.807, 2.05) is 19.1 Å². The summed E-state index contributed by atoms with van der Waals surface area (Å²) < 4.78 is 0. The van der Waals surface area contributed by atoms with E-state index in [1.165, 1.54) is 11.8 Å². The quantitative estimate of drug-likeness (QED) is 0.148. The highest BCUT2D eigenvalue weighted by Gasteiger charge is 2.19. The maximum atomic E-state index is 11.0. The molecule has 0 aliphatic rings. The van der Waals surface area contributed by atoms with Crippen LogP contribution < -0.4 is 5.73 Å². The molecule has 0 saturated heterocycles. The lowest BCUT2D eigenvalue weighted by molar-refractivity contribution is -0.138. The Morgan fingerprint density at radius 3 is 2.09 bits per heavy atom. The number of nitrogens with two attached hydrogens (primary N) is 1. The third kappa shape index (κ3) is 18.8. The van der Waals surface area contributed by atoms with Gasteiger partial charge in [0.05, 0.1) is 12.2 Å². The van der Waals surface area contributed by atoms with E-state index < -0.39 is 30.2 Å². The lowest BCUT2D eigenvalue weighted by atomic mass is 10.1. The first-order chi connectivity index (χ1) is 15.8. The first-order valence-corrected chi connectivity index (χ1v) is 12.0. The fourth-order valence-electron chi connectivity index (χ4n) is 2.38. The summed E-state index contributed by atoms with van der Waals surface area (Å²) in [6, 6.07) is -1.03. The van der Waals surface area contributed by atoms with Gasteiger partial charge in [-0.15, -0.1) is 11.8 Å². The van der Waals surface area contributed by atoms with Crippen LogP contribution in [-0.4, -0.2) is 61.6 Å². The van der Waals surface area contributed by atoms with Crippen molar-refractivity contribution >= 4 is 23.7 Å². The zero-order chi connectivity index (χ0) is 24.9. The van der Waals surface area contributed by atoms with Crippen LogP contribution in [0.2, 0.25) is 0 Å². The Kier molecular flexibility index (Phi) is 18.8. The summed E-state index contributed by atoms with van der Waals surface area (Å²) in [6.07, 6.45) is 22.6. The first kappa shape index (κ1) is 30.6. The average Bonchev–Trinajstić information content (AvgIpc) is 2.76. The number of carbonyl (C=O) groups is 2. The Bertz CT molecular complexity index is 726. The van der Waals surface area contributed by atoms with Gasteiger partial charge in [-0.3, -0.25) is 9.59 Å². The number of allylic oxidation sites excluding steroid dienone is 8. The number of aliphatic hydroxyl groups excluding tert-OH is 2. The predicted octanol–water partition coefficient (Wildman–Crippen LogP) is 3.61. The molecule has 0 amide bonds. The van der Waals surface area contributed by atoms with Gasteiger partial charge in [0.15, 0.2) is 0 Å². The molecule has 7 nitrogen and oxygen atoms in total. The van der Waals surface area contributed by atoms with Gasteiger partial charge in [-0.05, 0) is 25.7 Å². The molecule has 184 valence electrons. The minimum absolute atomic E-state index is 0.0283. The minimum Gasteiger partial charge on any atom is -0.481 e. The molecule has 0 rings (SSSR count). The molecule has 4 atom stereocenters. The van der Waals surface area contributed by atoms with Crippen LogP contribution in [0.5, 0.6) is 0 Å². The molecule has 0 aliphatic carbocycles. The normalized spacial score (nSPS) is 16.6. The Morgan fingerprint density at radius 1 is 0.879 bits per heavy atom. The van der Waals surface area contributed by atoms with Crippen molar-refractivity contribution in [1.29, 1.82) is 0 Å². The highest BCUT2D eigenvalue weighted by atomic mass is 32.2. The SMILES string of the molecule is CC/C=C\CC(O)/C=C/C=C\C=C\C=C\C(SCC(N)C(=O)O)C(O)C/C=C\CCC(=O)O. The van der Waals surface area contributed by atoms with Gasteiger partial charge in [-0.25, -0.2) is 0 Å². The van der Waals surface area contributed by atoms with Gasteiger partial charge >= 0.3 is 11.9 Å². The number of hydrogen-bond acceptors (Lipinski definition) is 6. The predicted molar refractivity (Wildman–Crippen MR) is 135 cm³/mol. The number of hydrogen-bond donors (Lipinski definition) is 5. The molecule has 0 radical (unpaired) electrons. The van der Waals surface area contributed by atoms with E-state index in [9.17, 15) is 19.8 Å². The van der Waals surface area contributed by atoms with E-state index in [4.69, 9.17) is 15.9 Å². The fraction of sp³-hybridized carbons (Fsp3) is 0.440. The third-order valence-electron chi connectivity index (χ3n) is 4.20. The summed E-state index contributed by atoms with van der Waals surface area (Å²) in [6.45, 7) is 2.04. The second-order valence-electron chi connectivity index (χ2n) is 7.17. The van der Waals surface area contributed by atoms with Gasteiger partial charge in [0.25, 0.3) is 0 Å². The number of carboxylic acid groups (broad SMARTS) is 2. The number of rotatable bonds is 18. The Labute approximate surface area is 200 Å². The van der Waals surface area contributed by atoms with Crippen LogP contribution in [0.3, 0.4) is 0 Å². The van der Waals surface area contributed by atoms with Crippen LogP contribution in [0.25, 0.3) is 0 Å². The average molecular weight is 480 g/mol. The zero-order valence-corrected chi connectivity index (χ0v) is 19.9. The molecule has 6 N–H and O–H groups in total. The Balaban J connectivity index is 4.75. The standard InChI is InChI=1S/C25H37NO6S/c1-2-3-9-14-20(27)15-10-6-4-5-7-12-17-23(33-19-21(26)25(31)32)22(28)16-11-8-13-18-24(29)30/h3-12,15,17,20-23,27-28H,2,13-14,16,18-19,26H2,1H3,(H,29,30)(H,31,32)/b6-4-,7-5+,9-3-,11-8-,15-10+,17-12+. The van der Waals surface area contributed by atoms with E-state index in [1.54, 1.807) is 60.8 Å². The van der Waals surface area contributed by atoms with Crippen molar-refractivity contribution in [2.45, 2.75) is 62.5 Å². The van der Waals surface area contributed by atoms with Gasteiger partial charge in [0, 0.05) is 17.4 Å². The molecule has 0 aromatic heterocycles. The smallest absolute Gasteiger partial charge is 0.321 e. The summed E-state index contributed by atoms with van der Waals surface area (Å²) in [5.74, 6) is -1.83. The van der Waals surface area contributed by atoms with Crippen LogP contribution >= 0.6 is 11.8 Å². The van der Waals surface area contributed by atoms with Crippen molar-refractivity contribution in [3.05, 3.63) is 72.9 Å². The zero-order valence-electron chi connectivity index (χ0n) is 19.1. The third-order valence-corrected chi connectivity index (χ3v) is 5.61. The van der Waals surface area contributed by atoms with E-state index >= 15 is 0 Å². The largest absolute Gasteiger partial charge is 0.481 e. The van der Waals surface area contributed by atoms with Crippen molar-refractivity contribution in [2.24, 2.45) is 5.73 Å². The number of aliphatic carboxylic acids is 2. The molecule has 33 heavy (non-hydrogen) atoms. The molecular formula is C25H37NO6S. The van der Waals surface area contributed by atoms with Gasteiger partial charge in [0.2, 0.25) is 0 Å².